The summed E-state index contributed by atoms with van der Waals surface area (Å²) in [6, 6.07) is 13.8. The summed E-state index contributed by atoms with van der Waals surface area (Å²) in [5.74, 6) is 1.21. The van der Waals surface area contributed by atoms with Crippen molar-refractivity contribution in [2.24, 2.45) is 0 Å². The molecule has 2 aromatic rings. The van der Waals surface area contributed by atoms with E-state index in [1.807, 2.05) is 43.3 Å². The average Bonchev–Trinajstić information content (AvgIpc) is 2.47. The lowest BCUT2D eigenvalue weighted by atomic mass is 10.0. The lowest BCUT2D eigenvalue weighted by Gasteiger charge is -2.14. The number of amides is 1. The number of anilines is 1. The third kappa shape index (κ3) is 3.88. The van der Waals surface area contributed by atoms with Crippen LogP contribution in [-0.4, -0.2) is 13.0 Å². The molecular weight excluding hydrogens is 274 g/mol. The van der Waals surface area contributed by atoms with Crippen LogP contribution in [0.2, 0.25) is 0 Å². The lowest BCUT2D eigenvalue weighted by Crippen LogP contribution is -2.16. The van der Waals surface area contributed by atoms with Crippen molar-refractivity contribution < 1.29 is 9.53 Å². The van der Waals surface area contributed by atoms with Gasteiger partial charge in [-0.2, -0.15) is 0 Å². The summed E-state index contributed by atoms with van der Waals surface area (Å²) < 4.78 is 5.24. The molecule has 0 spiro atoms. The van der Waals surface area contributed by atoms with Crippen LogP contribution in [0.15, 0.2) is 42.5 Å². The molecule has 0 bridgehead atoms. The van der Waals surface area contributed by atoms with E-state index in [4.69, 9.17) is 4.74 Å². The van der Waals surface area contributed by atoms with Gasteiger partial charge in [-0.1, -0.05) is 44.2 Å². The highest BCUT2D eigenvalue weighted by Crippen LogP contribution is 2.24. The molecule has 116 valence electrons. The topological polar surface area (TPSA) is 38.3 Å². The largest absolute Gasteiger partial charge is 0.496 e. The monoisotopic (exact) mass is 297 g/mol. The fourth-order valence-electron chi connectivity index (χ4n) is 2.54. The first-order valence-electron chi connectivity index (χ1n) is 7.53. The molecule has 1 N–H and O–H groups in total. The first-order chi connectivity index (χ1) is 10.5. The zero-order valence-corrected chi connectivity index (χ0v) is 13.6. The molecule has 3 heteroatoms. The van der Waals surface area contributed by atoms with E-state index in [0.29, 0.717) is 12.3 Å². The molecule has 0 aliphatic heterocycles. The van der Waals surface area contributed by atoms with E-state index in [-0.39, 0.29) is 5.91 Å². The minimum absolute atomic E-state index is 0.00216. The van der Waals surface area contributed by atoms with Gasteiger partial charge < -0.3 is 10.1 Å². The fraction of sp³-hybridized carbons (Fsp3) is 0.316. The van der Waals surface area contributed by atoms with Gasteiger partial charge in [0.05, 0.1) is 13.5 Å². The molecule has 2 rings (SSSR count). The van der Waals surface area contributed by atoms with Gasteiger partial charge in [0.2, 0.25) is 5.91 Å². The second kappa shape index (κ2) is 7.12. The third-order valence-corrected chi connectivity index (χ3v) is 3.68. The van der Waals surface area contributed by atoms with Crippen molar-refractivity contribution in [2.75, 3.05) is 12.4 Å². The lowest BCUT2D eigenvalue weighted by molar-refractivity contribution is -0.115. The second-order valence-corrected chi connectivity index (χ2v) is 5.77. The van der Waals surface area contributed by atoms with Crippen LogP contribution in [0.25, 0.3) is 0 Å². The maximum Gasteiger partial charge on any atom is 0.228 e. The minimum Gasteiger partial charge on any atom is -0.496 e. The van der Waals surface area contributed by atoms with Gasteiger partial charge in [0, 0.05) is 5.69 Å². The van der Waals surface area contributed by atoms with Crippen LogP contribution < -0.4 is 10.1 Å². The van der Waals surface area contributed by atoms with Crippen LogP contribution in [0.4, 0.5) is 5.69 Å². The number of hydrogen-bond acceptors (Lipinski definition) is 2. The highest BCUT2D eigenvalue weighted by atomic mass is 16.5. The highest BCUT2D eigenvalue weighted by Gasteiger charge is 2.10. The molecule has 0 saturated heterocycles. The molecule has 3 nitrogen and oxygen atoms in total. The summed E-state index contributed by atoms with van der Waals surface area (Å²) in [5, 5.41) is 3.02. The Balaban J connectivity index is 2.09. The molecule has 22 heavy (non-hydrogen) atoms. The Morgan fingerprint density at radius 3 is 2.55 bits per heavy atom. The number of hydrogen-bond donors (Lipinski definition) is 1. The van der Waals surface area contributed by atoms with Gasteiger partial charge in [-0.3, -0.25) is 4.79 Å². The number of ether oxygens (including phenoxy) is 1. The van der Waals surface area contributed by atoms with Crippen LogP contribution in [0, 0.1) is 6.92 Å². The number of para-hydroxylation sites is 1. The molecule has 0 unspecified atom stereocenters. The number of aryl methyl sites for hydroxylation is 1. The molecule has 0 fully saturated rings. The number of benzene rings is 2. The quantitative estimate of drug-likeness (QED) is 0.893. The first kappa shape index (κ1) is 16.1. The number of rotatable bonds is 5. The summed E-state index contributed by atoms with van der Waals surface area (Å²) in [7, 11) is 1.65. The van der Waals surface area contributed by atoms with Crippen molar-refractivity contribution in [3.05, 3.63) is 59.2 Å². The van der Waals surface area contributed by atoms with Crippen LogP contribution >= 0.6 is 0 Å². The van der Waals surface area contributed by atoms with Crippen molar-refractivity contribution in [1.82, 2.24) is 0 Å². The minimum atomic E-state index is -0.00216. The molecule has 0 heterocycles. The van der Waals surface area contributed by atoms with Crippen molar-refractivity contribution in [3.8, 4) is 5.75 Å². The Morgan fingerprint density at radius 2 is 1.91 bits per heavy atom. The molecule has 0 aromatic heterocycles. The van der Waals surface area contributed by atoms with Gasteiger partial charge in [0.1, 0.15) is 5.75 Å². The average molecular weight is 297 g/mol. The standard InChI is InChI=1S/C19H23NO2/c1-13(2)16-7-5-6-8-17(16)20-19(21)12-15-9-10-18(22-4)14(3)11-15/h5-11,13H,12H2,1-4H3,(H,20,21). The Kier molecular flexibility index (Phi) is 5.21. The summed E-state index contributed by atoms with van der Waals surface area (Å²) in [6.45, 7) is 6.23. The second-order valence-electron chi connectivity index (χ2n) is 5.77. The molecule has 0 aliphatic carbocycles. The van der Waals surface area contributed by atoms with Gasteiger partial charge in [-0.05, 0) is 41.7 Å². The van der Waals surface area contributed by atoms with E-state index in [9.17, 15) is 4.79 Å². The highest BCUT2D eigenvalue weighted by molar-refractivity contribution is 5.93. The van der Waals surface area contributed by atoms with E-state index in [2.05, 4.69) is 25.2 Å². The number of methoxy groups -OCH3 is 1. The van der Waals surface area contributed by atoms with Crippen molar-refractivity contribution in [1.29, 1.82) is 0 Å². The Labute approximate surface area is 132 Å². The Hall–Kier alpha value is -2.29. The maximum absolute atomic E-state index is 12.3. The van der Waals surface area contributed by atoms with Gasteiger partial charge in [0.15, 0.2) is 0 Å². The maximum atomic E-state index is 12.3. The summed E-state index contributed by atoms with van der Waals surface area (Å²) in [5.41, 5.74) is 4.07. The predicted octanol–water partition coefficient (Wildman–Crippen LogP) is 4.31. The van der Waals surface area contributed by atoms with E-state index in [0.717, 1.165) is 28.1 Å². The van der Waals surface area contributed by atoms with Gasteiger partial charge in [-0.15, -0.1) is 0 Å². The normalized spacial score (nSPS) is 10.6. The van der Waals surface area contributed by atoms with E-state index in [1.165, 1.54) is 0 Å². The number of carbonyl (C=O) groups excluding carboxylic acids is 1. The van der Waals surface area contributed by atoms with Crippen LogP contribution in [0.1, 0.15) is 36.5 Å². The predicted molar refractivity (Wildman–Crippen MR) is 90.6 cm³/mol. The van der Waals surface area contributed by atoms with Gasteiger partial charge in [-0.25, -0.2) is 0 Å². The molecule has 1 amide bonds. The first-order valence-corrected chi connectivity index (χ1v) is 7.53. The molecule has 0 radical (unpaired) electrons. The van der Waals surface area contributed by atoms with Crippen molar-refractivity contribution in [2.45, 2.75) is 33.1 Å². The summed E-state index contributed by atoms with van der Waals surface area (Å²) >= 11 is 0. The third-order valence-electron chi connectivity index (χ3n) is 3.68. The van der Waals surface area contributed by atoms with Crippen molar-refractivity contribution >= 4 is 11.6 Å². The molecular formula is C19H23NO2. The van der Waals surface area contributed by atoms with Crippen LogP contribution in [0.3, 0.4) is 0 Å². The molecule has 0 atom stereocenters. The zero-order chi connectivity index (χ0) is 16.1. The van der Waals surface area contributed by atoms with E-state index >= 15 is 0 Å². The smallest absolute Gasteiger partial charge is 0.228 e. The fourth-order valence-corrected chi connectivity index (χ4v) is 2.54. The molecule has 0 saturated carbocycles. The SMILES string of the molecule is COc1ccc(CC(=O)Nc2ccccc2C(C)C)cc1C. The van der Waals surface area contributed by atoms with Crippen LogP contribution in [-0.2, 0) is 11.2 Å². The zero-order valence-electron chi connectivity index (χ0n) is 13.6. The number of carbonyl (C=O) groups is 1. The van der Waals surface area contributed by atoms with E-state index < -0.39 is 0 Å². The van der Waals surface area contributed by atoms with E-state index in [1.54, 1.807) is 7.11 Å². The molecule has 0 aliphatic rings. The van der Waals surface area contributed by atoms with Crippen LogP contribution in [0.5, 0.6) is 5.75 Å². The Bertz CT molecular complexity index is 662. The molecule has 2 aromatic carbocycles. The summed E-state index contributed by atoms with van der Waals surface area (Å²) in [4.78, 5) is 12.3. The number of nitrogens with one attached hydrogen (secondary N) is 1. The summed E-state index contributed by atoms with van der Waals surface area (Å²) in [6.07, 6.45) is 0.358. The Morgan fingerprint density at radius 1 is 1.18 bits per heavy atom. The van der Waals surface area contributed by atoms with Gasteiger partial charge in [0.25, 0.3) is 0 Å². The van der Waals surface area contributed by atoms with Crippen molar-refractivity contribution in [3.63, 3.8) is 0 Å². The van der Waals surface area contributed by atoms with Gasteiger partial charge >= 0.3 is 0 Å².